The van der Waals surface area contributed by atoms with Gasteiger partial charge in [-0.05, 0) is 19.4 Å². The summed E-state index contributed by atoms with van der Waals surface area (Å²) in [6.07, 6.45) is 4.90. The van der Waals surface area contributed by atoms with Gasteiger partial charge in [-0.25, -0.2) is 0 Å². The van der Waals surface area contributed by atoms with Gasteiger partial charge < -0.3 is 15.5 Å². The normalized spacial score (nSPS) is 10.1. The van der Waals surface area contributed by atoms with Crippen LogP contribution >= 0.6 is 0 Å². The lowest BCUT2D eigenvalue weighted by molar-refractivity contribution is -0.137. The van der Waals surface area contributed by atoms with Crippen molar-refractivity contribution in [3.05, 3.63) is 0 Å². The maximum absolute atomic E-state index is 10.2. The largest absolute Gasteiger partial charge is 0.481 e. The van der Waals surface area contributed by atoms with Crippen molar-refractivity contribution in [1.29, 1.82) is 0 Å². The lowest BCUT2D eigenvalue weighted by atomic mass is 10.1. The summed E-state index contributed by atoms with van der Waals surface area (Å²) in [6.45, 7) is 0.726. The van der Waals surface area contributed by atoms with Gasteiger partial charge in [-0.15, -0.1) is 0 Å². The van der Waals surface area contributed by atoms with E-state index in [-0.39, 0.29) is 13.0 Å². The van der Waals surface area contributed by atoms with Gasteiger partial charge in [-0.1, -0.05) is 19.3 Å². The van der Waals surface area contributed by atoms with Crippen LogP contribution in [0.15, 0.2) is 0 Å². The number of nitrogens with one attached hydrogen (secondary N) is 1. The first-order valence-corrected chi connectivity index (χ1v) is 5.27. The summed E-state index contributed by atoms with van der Waals surface area (Å²) in [6, 6.07) is 0. The molecule has 0 bridgehead atoms. The molecule has 0 aliphatic carbocycles. The van der Waals surface area contributed by atoms with E-state index in [4.69, 9.17) is 10.2 Å². The number of carboxylic acids is 2. The highest BCUT2D eigenvalue weighted by atomic mass is 16.4. The van der Waals surface area contributed by atoms with E-state index < -0.39 is 11.9 Å². The van der Waals surface area contributed by atoms with E-state index in [9.17, 15) is 9.59 Å². The maximum Gasteiger partial charge on any atom is 0.317 e. The minimum absolute atomic E-state index is 0.0129. The fourth-order valence-corrected chi connectivity index (χ4v) is 1.25. The molecular weight excluding hydrogens is 198 g/mol. The van der Waals surface area contributed by atoms with Crippen LogP contribution in [0, 0.1) is 0 Å². The van der Waals surface area contributed by atoms with Gasteiger partial charge in [0.2, 0.25) is 0 Å². The summed E-state index contributed by atoms with van der Waals surface area (Å²) in [4.78, 5) is 20.3. The fraction of sp³-hybridized carbons (Fsp3) is 0.800. The molecule has 0 radical (unpaired) electrons. The zero-order valence-electron chi connectivity index (χ0n) is 8.87. The first-order valence-electron chi connectivity index (χ1n) is 5.27. The Morgan fingerprint density at radius 3 is 2.07 bits per heavy atom. The minimum atomic E-state index is -0.837. The van der Waals surface area contributed by atoms with Crippen LogP contribution in [0.4, 0.5) is 0 Å². The number of hydrogen-bond acceptors (Lipinski definition) is 3. The average molecular weight is 217 g/mol. The van der Waals surface area contributed by atoms with Crippen molar-refractivity contribution in [2.24, 2.45) is 0 Å². The van der Waals surface area contributed by atoms with Crippen molar-refractivity contribution in [2.75, 3.05) is 13.1 Å². The van der Waals surface area contributed by atoms with Crippen molar-refractivity contribution in [1.82, 2.24) is 5.32 Å². The van der Waals surface area contributed by atoms with Crippen LogP contribution in [0.25, 0.3) is 0 Å². The topological polar surface area (TPSA) is 86.6 Å². The molecule has 5 heteroatoms. The van der Waals surface area contributed by atoms with Crippen molar-refractivity contribution in [3.63, 3.8) is 0 Å². The molecule has 88 valence electrons. The van der Waals surface area contributed by atoms with Crippen LogP contribution in [0.3, 0.4) is 0 Å². The number of rotatable bonds is 10. The van der Waals surface area contributed by atoms with Crippen LogP contribution in [-0.4, -0.2) is 35.2 Å². The van der Waals surface area contributed by atoms with E-state index in [0.717, 1.165) is 32.1 Å². The average Bonchev–Trinajstić information content (AvgIpc) is 2.14. The molecule has 0 heterocycles. The molecule has 0 fully saturated rings. The van der Waals surface area contributed by atoms with Crippen LogP contribution in [0.1, 0.15) is 38.5 Å². The molecule has 0 aromatic heterocycles. The number of unbranched alkanes of at least 4 members (excludes halogenated alkanes) is 4. The molecular formula is C10H19NO4. The molecule has 15 heavy (non-hydrogen) atoms. The van der Waals surface area contributed by atoms with Gasteiger partial charge >= 0.3 is 11.9 Å². The third-order valence-electron chi connectivity index (χ3n) is 2.02. The van der Waals surface area contributed by atoms with E-state index >= 15 is 0 Å². The molecule has 0 saturated heterocycles. The van der Waals surface area contributed by atoms with Crippen molar-refractivity contribution >= 4 is 11.9 Å². The van der Waals surface area contributed by atoms with Crippen molar-refractivity contribution < 1.29 is 19.8 Å². The Morgan fingerprint density at radius 2 is 1.47 bits per heavy atom. The Hall–Kier alpha value is -1.10. The van der Waals surface area contributed by atoms with Gasteiger partial charge in [0, 0.05) is 6.42 Å². The molecule has 0 aromatic rings. The summed E-state index contributed by atoms with van der Waals surface area (Å²) in [5.41, 5.74) is 0. The molecule has 0 rings (SSSR count). The second kappa shape index (κ2) is 9.45. The molecule has 0 aliphatic heterocycles. The fourth-order valence-electron chi connectivity index (χ4n) is 1.25. The van der Waals surface area contributed by atoms with E-state index in [1.54, 1.807) is 0 Å². The molecule has 0 saturated carbocycles. The molecule has 0 spiro atoms. The lowest BCUT2D eigenvalue weighted by Crippen LogP contribution is -2.23. The third kappa shape index (κ3) is 12.9. The second-order valence-corrected chi connectivity index (χ2v) is 3.48. The number of carbonyl (C=O) groups is 2. The first kappa shape index (κ1) is 13.9. The van der Waals surface area contributed by atoms with Crippen LogP contribution in [-0.2, 0) is 9.59 Å². The Labute approximate surface area is 89.5 Å². The molecule has 0 atom stereocenters. The summed E-state index contributed by atoms with van der Waals surface area (Å²) < 4.78 is 0. The quantitative estimate of drug-likeness (QED) is 0.477. The summed E-state index contributed by atoms with van der Waals surface area (Å²) in [7, 11) is 0. The van der Waals surface area contributed by atoms with Gasteiger partial charge in [-0.3, -0.25) is 9.59 Å². The number of aliphatic carboxylic acids is 2. The predicted octanol–water partition coefficient (Wildman–Crippen LogP) is 1.09. The minimum Gasteiger partial charge on any atom is -0.481 e. The zero-order chi connectivity index (χ0) is 11.5. The SMILES string of the molecule is O=C(O)CCCCCCCNCC(=O)O. The maximum atomic E-state index is 10.2. The summed E-state index contributed by atoms with van der Waals surface area (Å²) in [5, 5.41) is 19.5. The van der Waals surface area contributed by atoms with Crippen LogP contribution in [0.2, 0.25) is 0 Å². The van der Waals surface area contributed by atoms with Gasteiger partial charge in [0.15, 0.2) is 0 Å². The van der Waals surface area contributed by atoms with Gasteiger partial charge in [0.1, 0.15) is 0 Å². The highest BCUT2D eigenvalue weighted by Gasteiger charge is 1.97. The standard InChI is InChI=1S/C10H19NO4/c12-9(13)6-4-2-1-3-5-7-11-8-10(14)15/h11H,1-8H2,(H,12,13)(H,14,15). The zero-order valence-corrected chi connectivity index (χ0v) is 8.87. The molecule has 3 N–H and O–H groups in total. The van der Waals surface area contributed by atoms with Crippen molar-refractivity contribution in [3.8, 4) is 0 Å². The molecule has 0 amide bonds. The monoisotopic (exact) mass is 217 g/mol. The highest BCUT2D eigenvalue weighted by molar-refractivity contribution is 5.68. The van der Waals surface area contributed by atoms with Crippen LogP contribution in [0.5, 0.6) is 0 Å². The van der Waals surface area contributed by atoms with Gasteiger partial charge in [-0.2, -0.15) is 0 Å². The Balaban J connectivity index is 2.99. The van der Waals surface area contributed by atoms with Gasteiger partial charge in [0.25, 0.3) is 0 Å². The molecule has 0 aromatic carbocycles. The Kier molecular flexibility index (Phi) is 8.76. The second-order valence-electron chi connectivity index (χ2n) is 3.48. The lowest BCUT2D eigenvalue weighted by Gasteiger charge is -2.01. The Bertz CT molecular complexity index is 174. The van der Waals surface area contributed by atoms with Crippen LogP contribution < -0.4 is 5.32 Å². The van der Waals surface area contributed by atoms with Gasteiger partial charge in [0.05, 0.1) is 6.54 Å². The third-order valence-corrected chi connectivity index (χ3v) is 2.02. The summed E-state index contributed by atoms with van der Waals surface area (Å²) >= 11 is 0. The van der Waals surface area contributed by atoms with E-state index in [2.05, 4.69) is 5.32 Å². The number of carboxylic acid groups (broad SMARTS) is 2. The smallest absolute Gasteiger partial charge is 0.317 e. The highest BCUT2D eigenvalue weighted by Crippen LogP contribution is 2.04. The summed E-state index contributed by atoms with van der Waals surface area (Å²) in [5.74, 6) is -1.57. The number of hydrogen-bond donors (Lipinski definition) is 3. The molecule has 0 unspecified atom stereocenters. The van der Waals surface area contributed by atoms with Crippen molar-refractivity contribution in [2.45, 2.75) is 38.5 Å². The van der Waals surface area contributed by atoms with E-state index in [0.29, 0.717) is 6.54 Å². The molecule has 0 aliphatic rings. The Morgan fingerprint density at radius 1 is 0.867 bits per heavy atom. The van der Waals surface area contributed by atoms with E-state index in [1.807, 2.05) is 0 Å². The first-order chi connectivity index (χ1) is 7.13. The molecule has 5 nitrogen and oxygen atoms in total. The van der Waals surface area contributed by atoms with E-state index in [1.165, 1.54) is 0 Å². The predicted molar refractivity (Wildman–Crippen MR) is 55.8 cm³/mol.